The molecule has 6 heteroatoms. The molecule has 0 saturated heterocycles. The molecular weight excluding hydrogens is 281 g/mol. The van der Waals surface area contributed by atoms with E-state index < -0.39 is 11.6 Å². The molecule has 94 valence electrons. The van der Waals surface area contributed by atoms with E-state index in [-0.39, 0.29) is 21.7 Å². The predicted molar refractivity (Wildman–Crippen MR) is 66.8 cm³/mol. The Morgan fingerprint density at radius 1 is 1.00 bits per heavy atom. The van der Waals surface area contributed by atoms with Crippen molar-refractivity contribution in [3.05, 3.63) is 45.7 Å². The minimum atomic E-state index is -0.708. The van der Waals surface area contributed by atoms with Gasteiger partial charge in [0.05, 0.1) is 0 Å². The molecule has 0 fully saturated rings. The third kappa shape index (κ3) is 2.60. The minimum Gasteiger partial charge on any atom is -0.216 e. The molecule has 2 rings (SSSR count). The Bertz CT molecular complexity index is 559. The summed E-state index contributed by atoms with van der Waals surface area (Å²) in [6.07, 6.45) is 0.579. The fourth-order valence-corrected chi connectivity index (χ4v) is 2.19. The first kappa shape index (κ1) is 13.2. The Morgan fingerprint density at radius 3 is 1.94 bits per heavy atom. The molecule has 2 aromatic rings. The first-order chi connectivity index (χ1) is 8.51. The molecule has 2 nitrogen and oxygen atoms in total. The Balaban J connectivity index is 2.58. The fraction of sp³-hybridized carbons (Fsp3) is 0.167. The molecule has 0 aliphatic carbocycles. The van der Waals surface area contributed by atoms with Crippen molar-refractivity contribution < 1.29 is 8.78 Å². The molecule has 0 spiro atoms. The van der Waals surface area contributed by atoms with Gasteiger partial charge in [-0.1, -0.05) is 30.1 Å². The van der Waals surface area contributed by atoms with E-state index in [9.17, 15) is 8.78 Å². The summed E-state index contributed by atoms with van der Waals surface area (Å²) >= 11 is 11.9. The lowest BCUT2D eigenvalue weighted by Crippen LogP contribution is -1.97. The van der Waals surface area contributed by atoms with Crippen LogP contribution in [0, 0.1) is 11.6 Å². The van der Waals surface area contributed by atoms with Crippen LogP contribution in [0.25, 0.3) is 11.4 Å². The van der Waals surface area contributed by atoms with Gasteiger partial charge in [0.2, 0.25) is 0 Å². The van der Waals surface area contributed by atoms with Gasteiger partial charge in [-0.25, -0.2) is 18.7 Å². The van der Waals surface area contributed by atoms with E-state index in [0.717, 1.165) is 18.2 Å². The van der Waals surface area contributed by atoms with Crippen LogP contribution in [0.4, 0.5) is 8.78 Å². The van der Waals surface area contributed by atoms with Crippen molar-refractivity contribution in [3.63, 3.8) is 0 Å². The Kier molecular flexibility index (Phi) is 3.78. The van der Waals surface area contributed by atoms with Crippen molar-refractivity contribution in [2.45, 2.75) is 13.3 Å². The number of rotatable bonds is 2. The number of hydrogen-bond donors (Lipinski definition) is 0. The minimum absolute atomic E-state index is 0.0978. The highest BCUT2D eigenvalue weighted by atomic mass is 35.5. The number of aromatic nitrogens is 2. The summed E-state index contributed by atoms with van der Waals surface area (Å²) in [6, 6.07) is 3.01. The summed E-state index contributed by atoms with van der Waals surface area (Å²) in [5.74, 6) is -1.32. The van der Waals surface area contributed by atoms with Crippen LogP contribution in [0.3, 0.4) is 0 Å². The molecule has 0 aliphatic rings. The Labute approximate surface area is 113 Å². The van der Waals surface area contributed by atoms with E-state index in [1.807, 2.05) is 6.92 Å². The van der Waals surface area contributed by atoms with E-state index in [2.05, 4.69) is 9.97 Å². The van der Waals surface area contributed by atoms with Crippen molar-refractivity contribution >= 4 is 23.2 Å². The van der Waals surface area contributed by atoms with E-state index in [1.165, 1.54) is 0 Å². The van der Waals surface area contributed by atoms with Gasteiger partial charge in [-0.2, -0.15) is 0 Å². The van der Waals surface area contributed by atoms with Crippen LogP contribution in [0.2, 0.25) is 10.3 Å². The summed E-state index contributed by atoms with van der Waals surface area (Å²) in [5, 5.41) is 0.384. The van der Waals surface area contributed by atoms with E-state index in [1.54, 1.807) is 0 Å². The van der Waals surface area contributed by atoms with Crippen LogP contribution >= 0.6 is 23.2 Å². The second kappa shape index (κ2) is 5.16. The van der Waals surface area contributed by atoms with Crippen molar-refractivity contribution in [2.24, 2.45) is 0 Å². The van der Waals surface area contributed by atoms with E-state index >= 15 is 0 Å². The molecule has 1 aromatic heterocycles. The van der Waals surface area contributed by atoms with Gasteiger partial charge in [-0.15, -0.1) is 0 Å². The third-order valence-corrected chi connectivity index (χ3v) is 3.01. The molecule has 1 aromatic carbocycles. The SMILES string of the molecule is CCc1c(Cl)nc(-c2cc(F)cc(F)c2)nc1Cl. The lowest BCUT2D eigenvalue weighted by atomic mass is 10.2. The molecule has 0 saturated carbocycles. The lowest BCUT2D eigenvalue weighted by Gasteiger charge is -2.06. The number of benzene rings is 1. The maximum absolute atomic E-state index is 13.1. The largest absolute Gasteiger partial charge is 0.216 e. The molecule has 18 heavy (non-hydrogen) atoms. The zero-order valence-corrected chi connectivity index (χ0v) is 10.9. The number of hydrogen-bond acceptors (Lipinski definition) is 2. The maximum atomic E-state index is 13.1. The van der Waals surface area contributed by atoms with Gasteiger partial charge in [0.25, 0.3) is 0 Å². The van der Waals surface area contributed by atoms with Gasteiger partial charge in [-0.05, 0) is 18.6 Å². The number of halogens is 4. The highest BCUT2D eigenvalue weighted by Gasteiger charge is 2.12. The van der Waals surface area contributed by atoms with Gasteiger partial charge < -0.3 is 0 Å². The van der Waals surface area contributed by atoms with E-state index in [4.69, 9.17) is 23.2 Å². The summed E-state index contributed by atoms with van der Waals surface area (Å²) in [6.45, 7) is 1.86. The third-order valence-electron chi connectivity index (χ3n) is 2.38. The van der Waals surface area contributed by atoms with Crippen LogP contribution in [-0.2, 0) is 6.42 Å². The average molecular weight is 289 g/mol. The molecule has 0 unspecified atom stereocenters. The highest BCUT2D eigenvalue weighted by molar-refractivity contribution is 6.34. The van der Waals surface area contributed by atoms with Crippen LogP contribution < -0.4 is 0 Å². The highest BCUT2D eigenvalue weighted by Crippen LogP contribution is 2.26. The normalized spacial score (nSPS) is 10.7. The van der Waals surface area contributed by atoms with Gasteiger partial charge in [0.15, 0.2) is 5.82 Å². The second-order valence-electron chi connectivity index (χ2n) is 3.62. The lowest BCUT2D eigenvalue weighted by molar-refractivity contribution is 0.584. The van der Waals surface area contributed by atoms with Crippen LogP contribution in [0.15, 0.2) is 18.2 Å². The van der Waals surface area contributed by atoms with Gasteiger partial charge >= 0.3 is 0 Å². The van der Waals surface area contributed by atoms with Crippen LogP contribution in [0.5, 0.6) is 0 Å². The first-order valence-corrected chi connectivity index (χ1v) is 5.95. The van der Waals surface area contributed by atoms with Crippen molar-refractivity contribution in [1.82, 2.24) is 9.97 Å². The Morgan fingerprint density at radius 2 is 1.50 bits per heavy atom. The quantitative estimate of drug-likeness (QED) is 0.771. The first-order valence-electron chi connectivity index (χ1n) is 5.19. The molecule has 0 amide bonds. The standard InChI is InChI=1S/C12H8Cl2F2N2/c1-2-9-10(13)17-12(18-11(9)14)6-3-7(15)5-8(16)4-6/h3-5H,2H2,1H3. The zero-order chi connectivity index (χ0) is 13.3. The zero-order valence-electron chi connectivity index (χ0n) is 9.35. The molecular formula is C12H8Cl2F2N2. The summed E-state index contributed by atoms with van der Waals surface area (Å²) in [7, 11) is 0. The van der Waals surface area contributed by atoms with Crippen LogP contribution in [0.1, 0.15) is 12.5 Å². The summed E-state index contributed by atoms with van der Waals surface area (Å²) in [5.41, 5.74) is 0.804. The second-order valence-corrected chi connectivity index (χ2v) is 4.34. The van der Waals surface area contributed by atoms with E-state index in [0.29, 0.717) is 12.0 Å². The topological polar surface area (TPSA) is 25.8 Å². The fourth-order valence-electron chi connectivity index (χ4n) is 1.53. The summed E-state index contributed by atoms with van der Waals surface area (Å²) < 4.78 is 26.2. The Hall–Kier alpha value is -1.26. The number of nitrogens with zero attached hydrogens (tertiary/aromatic N) is 2. The van der Waals surface area contributed by atoms with Crippen molar-refractivity contribution in [1.29, 1.82) is 0 Å². The van der Waals surface area contributed by atoms with Gasteiger partial charge in [-0.3, -0.25) is 0 Å². The van der Waals surface area contributed by atoms with Crippen molar-refractivity contribution in [3.8, 4) is 11.4 Å². The average Bonchev–Trinajstić information content (AvgIpc) is 2.27. The molecule has 0 bridgehead atoms. The predicted octanol–water partition coefficient (Wildman–Crippen LogP) is 4.29. The van der Waals surface area contributed by atoms with Crippen LogP contribution in [-0.4, -0.2) is 9.97 Å². The van der Waals surface area contributed by atoms with Crippen molar-refractivity contribution in [2.75, 3.05) is 0 Å². The molecule has 0 N–H and O–H groups in total. The molecule has 0 radical (unpaired) electrons. The smallest absolute Gasteiger partial charge is 0.162 e. The van der Waals surface area contributed by atoms with Gasteiger partial charge in [0.1, 0.15) is 21.9 Å². The summed E-state index contributed by atoms with van der Waals surface area (Å²) in [4.78, 5) is 7.99. The molecule has 1 heterocycles. The molecule has 0 aliphatic heterocycles. The molecule has 0 atom stereocenters. The monoisotopic (exact) mass is 288 g/mol. The van der Waals surface area contributed by atoms with Gasteiger partial charge in [0, 0.05) is 17.2 Å². The maximum Gasteiger partial charge on any atom is 0.162 e.